The number of nitrogens with one attached hydrogen (secondary N) is 1. The van der Waals surface area contributed by atoms with Crippen molar-refractivity contribution in [1.82, 2.24) is 9.62 Å². The van der Waals surface area contributed by atoms with Crippen LogP contribution in [0.15, 0.2) is 65.6 Å². The number of nitrogens with zero attached hydrogens (tertiary/aromatic N) is 1. The van der Waals surface area contributed by atoms with Gasteiger partial charge < -0.3 is 14.4 Å². The lowest BCUT2D eigenvalue weighted by Crippen LogP contribution is -2.40. The molecular weight excluding hydrogens is 456 g/mol. The molecular formula is C25H26N2O6S. The monoisotopic (exact) mass is 482 g/mol. The van der Waals surface area contributed by atoms with Crippen molar-refractivity contribution in [2.45, 2.75) is 17.7 Å². The Bertz CT molecular complexity index is 1310. The molecule has 0 radical (unpaired) electrons. The van der Waals surface area contributed by atoms with Gasteiger partial charge in [-0.1, -0.05) is 24.3 Å². The highest BCUT2D eigenvalue weighted by molar-refractivity contribution is 7.90. The van der Waals surface area contributed by atoms with Gasteiger partial charge >= 0.3 is 0 Å². The van der Waals surface area contributed by atoms with Crippen molar-refractivity contribution in [3.63, 3.8) is 0 Å². The van der Waals surface area contributed by atoms with E-state index in [4.69, 9.17) is 9.47 Å². The molecule has 1 atom stereocenters. The van der Waals surface area contributed by atoms with Gasteiger partial charge in [-0.15, -0.1) is 0 Å². The summed E-state index contributed by atoms with van der Waals surface area (Å²) in [4.78, 5) is 26.9. The Morgan fingerprint density at radius 1 is 0.971 bits per heavy atom. The lowest BCUT2D eigenvalue weighted by Gasteiger charge is -2.26. The van der Waals surface area contributed by atoms with Crippen LogP contribution in [0.1, 0.15) is 28.8 Å². The number of hydrogen-bond acceptors (Lipinski definition) is 6. The molecule has 0 aliphatic carbocycles. The van der Waals surface area contributed by atoms with Crippen LogP contribution in [0.4, 0.5) is 0 Å². The first-order valence-corrected chi connectivity index (χ1v) is 12.4. The molecule has 3 aromatic carbocycles. The zero-order valence-electron chi connectivity index (χ0n) is 19.0. The summed E-state index contributed by atoms with van der Waals surface area (Å²) in [5.74, 6) is -0.779. The van der Waals surface area contributed by atoms with Crippen molar-refractivity contribution >= 4 is 32.6 Å². The number of amides is 2. The van der Waals surface area contributed by atoms with Gasteiger partial charge in [-0.2, -0.15) is 0 Å². The predicted octanol–water partition coefficient (Wildman–Crippen LogP) is 2.93. The second kappa shape index (κ2) is 9.82. The first-order valence-electron chi connectivity index (χ1n) is 10.9. The summed E-state index contributed by atoms with van der Waals surface area (Å²) in [7, 11) is -2.50. The van der Waals surface area contributed by atoms with Crippen LogP contribution in [-0.4, -0.2) is 58.5 Å². The number of morpholine rings is 1. The molecule has 9 heteroatoms. The van der Waals surface area contributed by atoms with E-state index < -0.39 is 21.8 Å². The van der Waals surface area contributed by atoms with Crippen molar-refractivity contribution in [3.05, 3.63) is 71.8 Å². The summed E-state index contributed by atoms with van der Waals surface area (Å²) in [6.07, 6.45) is 0. The highest BCUT2D eigenvalue weighted by Gasteiger charge is 2.24. The van der Waals surface area contributed by atoms with Crippen LogP contribution in [-0.2, 0) is 19.6 Å². The van der Waals surface area contributed by atoms with Gasteiger partial charge in [-0.05, 0) is 59.7 Å². The maximum absolute atomic E-state index is 12.8. The fourth-order valence-electron chi connectivity index (χ4n) is 3.80. The molecule has 8 nitrogen and oxygen atoms in total. The van der Waals surface area contributed by atoms with Crippen molar-refractivity contribution in [2.24, 2.45) is 0 Å². The molecule has 0 aromatic heterocycles. The number of ether oxygens (including phenoxy) is 2. The number of rotatable bonds is 6. The zero-order valence-corrected chi connectivity index (χ0v) is 19.8. The van der Waals surface area contributed by atoms with Crippen molar-refractivity contribution in [2.75, 3.05) is 33.4 Å². The van der Waals surface area contributed by atoms with Gasteiger partial charge in [0.05, 0.1) is 31.1 Å². The van der Waals surface area contributed by atoms with E-state index in [1.54, 1.807) is 25.0 Å². The average Bonchev–Trinajstić information content (AvgIpc) is 2.87. The second-order valence-corrected chi connectivity index (χ2v) is 9.78. The van der Waals surface area contributed by atoms with Crippen LogP contribution in [0, 0.1) is 0 Å². The van der Waals surface area contributed by atoms with Gasteiger partial charge in [0.15, 0.2) is 0 Å². The van der Waals surface area contributed by atoms with Gasteiger partial charge in [-0.3, -0.25) is 9.59 Å². The SMILES string of the molecule is COc1ccc2cc([C@H](C)C(=O)NS(=O)(=O)c3ccc(C(=O)N4CCOCC4)cc3)ccc2c1. The van der Waals surface area contributed by atoms with E-state index in [1.165, 1.54) is 24.3 Å². The van der Waals surface area contributed by atoms with Crippen molar-refractivity contribution < 1.29 is 27.5 Å². The summed E-state index contributed by atoms with van der Waals surface area (Å²) in [6.45, 7) is 3.60. The minimum atomic E-state index is -4.09. The van der Waals surface area contributed by atoms with Gasteiger partial charge in [0, 0.05) is 18.7 Å². The number of carbonyl (C=O) groups is 2. The molecule has 1 aliphatic heterocycles. The fraction of sp³-hybridized carbons (Fsp3) is 0.280. The molecule has 1 N–H and O–H groups in total. The maximum Gasteiger partial charge on any atom is 0.264 e. The number of carbonyl (C=O) groups excluding carboxylic acids is 2. The summed E-state index contributed by atoms with van der Waals surface area (Å²) in [5, 5.41) is 1.87. The first kappa shape index (κ1) is 23.7. The third-order valence-electron chi connectivity index (χ3n) is 5.91. The molecule has 1 fully saturated rings. The van der Waals surface area contributed by atoms with E-state index in [-0.39, 0.29) is 10.8 Å². The maximum atomic E-state index is 12.8. The topological polar surface area (TPSA) is 102 Å². The fourth-order valence-corrected chi connectivity index (χ4v) is 4.85. The van der Waals surface area contributed by atoms with E-state index in [2.05, 4.69) is 4.72 Å². The van der Waals surface area contributed by atoms with Crippen molar-refractivity contribution in [3.8, 4) is 5.75 Å². The van der Waals surface area contributed by atoms with E-state index >= 15 is 0 Å². The van der Waals surface area contributed by atoms with E-state index in [1.807, 2.05) is 30.3 Å². The first-order chi connectivity index (χ1) is 16.3. The third-order valence-corrected chi connectivity index (χ3v) is 7.27. The largest absolute Gasteiger partial charge is 0.497 e. The Morgan fingerprint density at radius 2 is 1.62 bits per heavy atom. The second-order valence-electron chi connectivity index (χ2n) is 8.09. The molecule has 1 aliphatic rings. The highest BCUT2D eigenvalue weighted by atomic mass is 32.2. The Labute approximate surface area is 198 Å². The predicted molar refractivity (Wildman–Crippen MR) is 127 cm³/mol. The van der Waals surface area contributed by atoms with E-state index in [0.29, 0.717) is 37.4 Å². The number of benzene rings is 3. The Balaban J connectivity index is 1.46. The molecule has 0 spiro atoms. The molecule has 1 saturated heterocycles. The van der Waals surface area contributed by atoms with E-state index in [0.717, 1.165) is 16.5 Å². The molecule has 0 saturated carbocycles. The lowest BCUT2D eigenvalue weighted by atomic mass is 9.97. The zero-order chi connectivity index (χ0) is 24.3. The Hall–Kier alpha value is -3.43. The number of sulfonamides is 1. The van der Waals surface area contributed by atoms with Gasteiger partial charge in [0.1, 0.15) is 5.75 Å². The average molecular weight is 483 g/mol. The lowest BCUT2D eigenvalue weighted by molar-refractivity contribution is -0.120. The normalized spacial score (nSPS) is 15.1. The standard InChI is InChI=1S/C25H26N2O6S/c1-17(19-3-4-21-16-22(32-2)8-5-20(21)15-19)24(28)26-34(30,31)23-9-6-18(7-10-23)25(29)27-11-13-33-14-12-27/h3-10,15-17H,11-14H2,1-2H3,(H,26,28)/t17-/m0/s1. The molecule has 1 heterocycles. The highest BCUT2D eigenvalue weighted by Crippen LogP contribution is 2.25. The van der Waals surface area contributed by atoms with Crippen LogP contribution >= 0.6 is 0 Å². The molecule has 0 bridgehead atoms. The van der Waals surface area contributed by atoms with Crippen LogP contribution in [0.3, 0.4) is 0 Å². The molecule has 178 valence electrons. The minimum Gasteiger partial charge on any atom is -0.497 e. The van der Waals surface area contributed by atoms with E-state index in [9.17, 15) is 18.0 Å². The van der Waals surface area contributed by atoms with Crippen LogP contribution in [0.25, 0.3) is 10.8 Å². The minimum absolute atomic E-state index is 0.0859. The Morgan fingerprint density at radius 3 is 2.29 bits per heavy atom. The van der Waals surface area contributed by atoms with Crippen LogP contribution in [0.5, 0.6) is 5.75 Å². The quantitative estimate of drug-likeness (QED) is 0.580. The Kier molecular flexibility index (Phi) is 6.85. The smallest absolute Gasteiger partial charge is 0.264 e. The molecule has 4 rings (SSSR count). The van der Waals surface area contributed by atoms with Gasteiger partial charge in [0.2, 0.25) is 5.91 Å². The summed E-state index contributed by atoms with van der Waals surface area (Å²) in [6, 6.07) is 16.7. The van der Waals surface area contributed by atoms with Crippen molar-refractivity contribution in [1.29, 1.82) is 0 Å². The van der Waals surface area contributed by atoms with Crippen LogP contribution < -0.4 is 9.46 Å². The molecule has 34 heavy (non-hydrogen) atoms. The number of methoxy groups -OCH3 is 1. The van der Waals surface area contributed by atoms with Gasteiger partial charge in [0.25, 0.3) is 15.9 Å². The molecule has 2 amide bonds. The summed E-state index contributed by atoms with van der Waals surface area (Å²) >= 11 is 0. The summed E-state index contributed by atoms with van der Waals surface area (Å²) < 4.78 is 38.2. The number of hydrogen-bond donors (Lipinski definition) is 1. The van der Waals surface area contributed by atoms with Crippen LogP contribution in [0.2, 0.25) is 0 Å². The van der Waals surface area contributed by atoms with Gasteiger partial charge in [-0.25, -0.2) is 13.1 Å². The molecule has 0 unspecified atom stereocenters. The molecule has 3 aromatic rings. The third kappa shape index (κ3) is 5.05. The summed E-state index contributed by atoms with van der Waals surface area (Å²) in [5.41, 5.74) is 1.07. The number of fused-ring (bicyclic) bond motifs is 1.